The highest BCUT2D eigenvalue weighted by atomic mass is 16.3. The van der Waals surface area contributed by atoms with Gasteiger partial charge in [-0.05, 0) is 41.9 Å². The predicted octanol–water partition coefficient (Wildman–Crippen LogP) is 1.35. The molecule has 7 atom stereocenters. The molecule has 0 aliphatic heterocycles. The molecule has 2 bridgehead atoms. The molecule has 0 saturated heterocycles. The number of allylic oxidation sites excluding steroid dienone is 1. The van der Waals surface area contributed by atoms with Crippen molar-refractivity contribution in [1.29, 1.82) is 0 Å². The zero-order chi connectivity index (χ0) is 18.9. The molecule has 3 rings (SSSR count). The van der Waals surface area contributed by atoms with Gasteiger partial charge in [0.05, 0.1) is 18.3 Å². The van der Waals surface area contributed by atoms with Crippen molar-refractivity contribution in [2.75, 3.05) is 0 Å². The second kappa shape index (κ2) is 5.74. The first kappa shape index (κ1) is 18.8. The lowest BCUT2D eigenvalue weighted by molar-refractivity contribution is -0.154. The molecule has 4 unspecified atom stereocenters. The molecule has 2 fully saturated rings. The zero-order valence-electron chi connectivity index (χ0n) is 15.5. The molecule has 3 aliphatic rings. The van der Waals surface area contributed by atoms with Gasteiger partial charge in [0, 0.05) is 23.7 Å². The van der Waals surface area contributed by atoms with E-state index < -0.39 is 47.1 Å². The van der Waals surface area contributed by atoms with Crippen LogP contribution in [0.25, 0.3) is 0 Å². The van der Waals surface area contributed by atoms with Gasteiger partial charge in [0.15, 0.2) is 5.78 Å². The third-order valence-corrected chi connectivity index (χ3v) is 7.37. The van der Waals surface area contributed by atoms with Gasteiger partial charge in [0.2, 0.25) is 0 Å². The lowest BCUT2D eigenvalue weighted by Gasteiger charge is -2.58. The highest BCUT2D eigenvalue weighted by molar-refractivity contribution is 5.97. The van der Waals surface area contributed by atoms with Gasteiger partial charge < -0.3 is 20.4 Å². The minimum absolute atomic E-state index is 0.102. The van der Waals surface area contributed by atoms with Crippen molar-refractivity contribution in [2.45, 2.75) is 71.4 Å². The molecule has 140 valence electrons. The minimum Gasteiger partial charge on any atom is -0.392 e. The molecule has 0 aromatic carbocycles. The SMILES string of the molecule is C=C1C2[C@H](O)C3CC(=O)C(C)=C([C@H](O)C(O)C2(C)CC[C@@H]1O)C3(C)C. The van der Waals surface area contributed by atoms with E-state index >= 15 is 0 Å². The van der Waals surface area contributed by atoms with Crippen molar-refractivity contribution in [3.63, 3.8) is 0 Å². The highest BCUT2D eigenvalue weighted by Gasteiger charge is 2.60. The molecule has 5 heteroatoms. The van der Waals surface area contributed by atoms with Crippen LogP contribution in [0.2, 0.25) is 0 Å². The molecule has 25 heavy (non-hydrogen) atoms. The quantitative estimate of drug-likeness (QED) is 0.494. The number of fused-ring (bicyclic) bond motifs is 3. The van der Waals surface area contributed by atoms with E-state index in [9.17, 15) is 25.2 Å². The molecule has 0 aromatic heterocycles. The van der Waals surface area contributed by atoms with Crippen LogP contribution in [0, 0.1) is 22.7 Å². The van der Waals surface area contributed by atoms with Gasteiger partial charge in [-0.25, -0.2) is 0 Å². The first-order valence-electron chi connectivity index (χ1n) is 9.10. The van der Waals surface area contributed by atoms with Gasteiger partial charge in [-0.1, -0.05) is 27.4 Å². The van der Waals surface area contributed by atoms with Crippen LogP contribution >= 0.6 is 0 Å². The molecule has 5 nitrogen and oxygen atoms in total. The van der Waals surface area contributed by atoms with E-state index in [1.54, 1.807) is 6.92 Å². The Hall–Kier alpha value is -1.01. The van der Waals surface area contributed by atoms with Crippen molar-refractivity contribution in [2.24, 2.45) is 22.7 Å². The van der Waals surface area contributed by atoms with Crippen LogP contribution in [0.1, 0.15) is 47.0 Å². The fraction of sp³-hybridized carbons (Fsp3) is 0.750. The van der Waals surface area contributed by atoms with Crippen LogP contribution in [0.3, 0.4) is 0 Å². The summed E-state index contributed by atoms with van der Waals surface area (Å²) in [6.07, 6.45) is -2.87. The van der Waals surface area contributed by atoms with E-state index in [0.717, 1.165) is 0 Å². The van der Waals surface area contributed by atoms with Crippen LogP contribution in [0.15, 0.2) is 23.3 Å². The van der Waals surface area contributed by atoms with Crippen LogP contribution in [-0.4, -0.2) is 50.6 Å². The number of carbonyl (C=O) groups excluding carboxylic acids is 1. The maximum atomic E-state index is 12.5. The summed E-state index contributed by atoms with van der Waals surface area (Å²) < 4.78 is 0. The molecule has 2 saturated carbocycles. The lowest BCUT2D eigenvalue weighted by atomic mass is 9.49. The van der Waals surface area contributed by atoms with E-state index in [1.807, 2.05) is 20.8 Å². The summed E-state index contributed by atoms with van der Waals surface area (Å²) in [5, 5.41) is 43.7. The third kappa shape index (κ3) is 2.40. The van der Waals surface area contributed by atoms with Gasteiger partial charge in [0.1, 0.15) is 6.10 Å². The van der Waals surface area contributed by atoms with Crippen molar-refractivity contribution in [3.05, 3.63) is 23.3 Å². The number of aliphatic hydroxyl groups is 4. The van der Waals surface area contributed by atoms with Crippen molar-refractivity contribution in [1.82, 2.24) is 0 Å². The van der Waals surface area contributed by atoms with Crippen molar-refractivity contribution in [3.8, 4) is 0 Å². The number of hydrogen-bond donors (Lipinski definition) is 4. The van der Waals surface area contributed by atoms with E-state index in [-0.39, 0.29) is 12.2 Å². The van der Waals surface area contributed by atoms with E-state index in [2.05, 4.69) is 6.58 Å². The first-order valence-corrected chi connectivity index (χ1v) is 9.10. The van der Waals surface area contributed by atoms with Gasteiger partial charge in [-0.15, -0.1) is 0 Å². The maximum absolute atomic E-state index is 12.5. The molecule has 0 spiro atoms. The normalized spacial score (nSPS) is 47.2. The zero-order valence-corrected chi connectivity index (χ0v) is 15.5. The Balaban J connectivity index is 2.24. The highest BCUT2D eigenvalue weighted by Crippen LogP contribution is 2.58. The molecule has 0 radical (unpaired) electrons. The Kier molecular flexibility index (Phi) is 4.31. The number of ketones is 1. The van der Waals surface area contributed by atoms with E-state index in [1.165, 1.54) is 0 Å². The number of aliphatic hydroxyl groups excluding tert-OH is 4. The molecular weight excluding hydrogens is 320 g/mol. The standard InChI is InChI=1S/C20H30O5/c1-9-12(21)6-7-20(5)15(9)16(23)11-8-13(22)10(2)14(19(11,3)4)17(24)18(20)25/h11-12,15-18,21,23-25H,1,6-8H2,2-5H3/t11?,12-,15?,16+,17-,18?,20?/m0/s1. The second-order valence-corrected chi connectivity index (χ2v) is 8.99. The Morgan fingerprint density at radius 2 is 1.72 bits per heavy atom. The monoisotopic (exact) mass is 350 g/mol. The molecule has 3 aliphatic carbocycles. The number of carbonyl (C=O) groups is 1. The average molecular weight is 350 g/mol. The van der Waals surface area contributed by atoms with Crippen LogP contribution in [-0.2, 0) is 4.79 Å². The second-order valence-electron chi connectivity index (χ2n) is 8.99. The average Bonchev–Trinajstić information content (AvgIpc) is 2.53. The minimum atomic E-state index is -1.18. The lowest BCUT2D eigenvalue weighted by Crippen LogP contribution is -2.61. The summed E-state index contributed by atoms with van der Waals surface area (Å²) in [6.45, 7) is 11.4. The Labute approximate surface area is 149 Å². The van der Waals surface area contributed by atoms with Crippen molar-refractivity contribution >= 4 is 5.78 Å². The summed E-state index contributed by atoms with van der Waals surface area (Å²) in [7, 11) is 0. The molecule has 4 N–H and O–H groups in total. The molecule has 0 amide bonds. The van der Waals surface area contributed by atoms with Gasteiger partial charge >= 0.3 is 0 Å². The van der Waals surface area contributed by atoms with Gasteiger partial charge in [-0.3, -0.25) is 4.79 Å². The Morgan fingerprint density at radius 1 is 1.12 bits per heavy atom. The third-order valence-electron chi connectivity index (χ3n) is 7.37. The smallest absolute Gasteiger partial charge is 0.159 e. The topological polar surface area (TPSA) is 98.0 Å². The molecule has 0 heterocycles. The van der Waals surface area contributed by atoms with Gasteiger partial charge in [-0.2, -0.15) is 0 Å². The van der Waals surface area contributed by atoms with Gasteiger partial charge in [0.25, 0.3) is 0 Å². The van der Waals surface area contributed by atoms with Crippen LogP contribution in [0.5, 0.6) is 0 Å². The molecule has 0 aromatic rings. The summed E-state index contributed by atoms with van der Waals surface area (Å²) in [4.78, 5) is 12.5. The van der Waals surface area contributed by atoms with Crippen molar-refractivity contribution < 1.29 is 25.2 Å². The number of Topliss-reactive ketones (excluding diaryl/α,β-unsaturated/α-hetero) is 1. The maximum Gasteiger partial charge on any atom is 0.159 e. The number of hydrogen-bond acceptors (Lipinski definition) is 5. The van der Waals surface area contributed by atoms with E-state index in [4.69, 9.17) is 0 Å². The predicted molar refractivity (Wildman–Crippen MR) is 93.6 cm³/mol. The largest absolute Gasteiger partial charge is 0.392 e. The van der Waals surface area contributed by atoms with Crippen LogP contribution < -0.4 is 0 Å². The Bertz CT molecular complexity index is 648. The fourth-order valence-electron chi connectivity index (χ4n) is 5.70. The summed E-state index contributed by atoms with van der Waals surface area (Å²) in [6, 6.07) is 0. The summed E-state index contributed by atoms with van der Waals surface area (Å²) in [5.41, 5.74) is 0.0800. The first-order chi connectivity index (χ1) is 11.4. The summed E-state index contributed by atoms with van der Waals surface area (Å²) >= 11 is 0. The summed E-state index contributed by atoms with van der Waals surface area (Å²) in [5.74, 6) is -1.07. The van der Waals surface area contributed by atoms with Crippen LogP contribution in [0.4, 0.5) is 0 Å². The fourth-order valence-corrected chi connectivity index (χ4v) is 5.70. The van der Waals surface area contributed by atoms with E-state index in [0.29, 0.717) is 29.6 Å². The Morgan fingerprint density at radius 3 is 2.32 bits per heavy atom. The number of rotatable bonds is 0. The molecular formula is C20H30O5.